The molecule has 2 aromatic carbocycles. The van der Waals surface area contributed by atoms with Gasteiger partial charge in [-0.2, -0.15) is 18.2 Å². The average molecular weight is 431 g/mol. The number of rotatable bonds is 5. The number of alkyl halides is 3. The van der Waals surface area contributed by atoms with E-state index in [0.29, 0.717) is 19.0 Å². The van der Waals surface area contributed by atoms with Crippen LogP contribution in [0.3, 0.4) is 0 Å². The zero-order chi connectivity index (χ0) is 22.2. The average Bonchev–Trinajstić information content (AvgIpc) is 3.15. The van der Waals surface area contributed by atoms with Crippen LogP contribution in [-0.2, 0) is 12.8 Å². The van der Waals surface area contributed by atoms with Crippen LogP contribution in [0.25, 0.3) is 11.4 Å². The van der Waals surface area contributed by atoms with Crippen molar-refractivity contribution >= 4 is 5.96 Å². The highest BCUT2D eigenvalue weighted by molar-refractivity contribution is 5.75. The lowest BCUT2D eigenvalue weighted by Gasteiger charge is -2.37. The maximum absolute atomic E-state index is 13.7. The minimum Gasteiger partial charge on any atom is -0.488 e. The van der Waals surface area contributed by atoms with Crippen LogP contribution in [0.15, 0.2) is 47.0 Å². The first-order chi connectivity index (χ1) is 14.7. The Morgan fingerprint density at radius 1 is 1.23 bits per heavy atom. The lowest BCUT2D eigenvalue weighted by Crippen LogP contribution is -2.51. The molecule has 4 rings (SSSR count). The first kappa shape index (κ1) is 20.7. The highest BCUT2D eigenvalue weighted by Crippen LogP contribution is 2.39. The van der Waals surface area contributed by atoms with Gasteiger partial charge in [-0.25, -0.2) is 0 Å². The summed E-state index contributed by atoms with van der Waals surface area (Å²) in [6, 6.07) is 11.1. The molecule has 3 aromatic rings. The Balaban J connectivity index is 1.53. The van der Waals surface area contributed by atoms with Gasteiger partial charge in [0, 0.05) is 18.7 Å². The van der Waals surface area contributed by atoms with Crippen molar-refractivity contribution in [2.45, 2.75) is 25.6 Å². The molecular formula is C21H20F3N5O2. The number of aryl methyl sites for hydroxylation is 1. The fraction of sp³-hybridized carbons (Fsp3) is 0.286. The van der Waals surface area contributed by atoms with E-state index >= 15 is 0 Å². The number of hydrogen-bond acceptors (Lipinski definition) is 5. The normalized spacial score (nSPS) is 14.4. The van der Waals surface area contributed by atoms with Gasteiger partial charge in [0.2, 0.25) is 11.7 Å². The maximum atomic E-state index is 13.7. The van der Waals surface area contributed by atoms with Crippen molar-refractivity contribution in [2.75, 3.05) is 13.1 Å². The van der Waals surface area contributed by atoms with E-state index in [1.54, 1.807) is 4.90 Å². The molecule has 2 heterocycles. The molecule has 0 amide bonds. The molecule has 1 aliphatic heterocycles. The smallest absolute Gasteiger partial charge is 0.419 e. The topological polar surface area (TPSA) is 101 Å². The van der Waals surface area contributed by atoms with Gasteiger partial charge in [-0.15, -0.1) is 0 Å². The molecule has 1 fully saturated rings. The first-order valence-electron chi connectivity index (χ1n) is 9.53. The van der Waals surface area contributed by atoms with E-state index in [1.807, 2.05) is 31.2 Å². The van der Waals surface area contributed by atoms with Crippen LogP contribution in [0, 0.1) is 12.3 Å². The second-order valence-electron chi connectivity index (χ2n) is 7.43. The molecule has 0 aliphatic carbocycles. The molecule has 0 saturated carbocycles. The number of nitrogens with one attached hydrogen (secondary N) is 1. The number of nitrogens with zero attached hydrogens (tertiary/aromatic N) is 3. The zero-order valence-corrected chi connectivity index (χ0v) is 16.6. The van der Waals surface area contributed by atoms with Gasteiger partial charge in [0.15, 0.2) is 5.96 Å². The number of benzene rings is 2. The molecular weight excluding hydrogens is 411 g/mol. The van der Waals surface area contributed by atoms with E-state index < -0.39 is 11.7 Å². The SMILES string of the molecule is Cc1ccc(COc2ccc(-c3noc(C4CN(C(=N)N)C4)n3)cc2C(F)(F)F)cc1. The molecule has 162 valence electrons. The molecule has 0 spiro atoms. The number of aromatic nitrogens is 2. The van der Waals surface area contributed by atoms with Crippen molar-refractivity contribution in [1.82, 2.24) is 15.0 Å². The highest BCUT2D eigenvalue weighted by atomic mass is 19.4. The molecule has 1 aliphatic rings. The van der Waals surface area contributed by atoms with Crippen molar-refractivity contribution in [1.29, 1.82) is 5.41 Å². The van der Waals surface area contributed by atoms with Crippen LogP contribution in [-0.4, -0.2) is 34.1 Å². The third-order valence-electron chi connectivity index (χ3n) is 5.07. The standard InChI is InChI=1S/C21H20F3N5O2/c1-12-2-4-13(5-3-12)11-30-17-7-6-14(8-16(17)21(22,23)24)18-27-19(31-28-18)15-9-29(10-15)20(25)26/h2-8,15H,9-11H2,1H3,(H3,25,26). The van der Waals surface area contributed by atoms with Crippen LogP contribution in [0.1, 0.15) is 28.5 Å². The summed E-state index contributed by atoms with van der Waals surface area (Å²) in [5, 5.41) is 11.2. The Labute approximate surface area is 176 Å². The molecule has 3 N–H and O–H groups in total. The molecule has 0 unspecified atom stereocenters. The van der Waals surface area contributed by atoms with Gasteiger partial charge in [-0.1, -0.05) is 35.0 Å². The molecule has 1 saturated heterocycles. The lowest BCUT2D eigenvalue weighted by molar-refractivity contribution is -0.139. The second kappa shape index (κ2) is 7.93. The summed E-state index contributed by atoms with van der Waals surface area (Å²) in [5.74, 6) is -0.0550. The largest absolute Gasteiger partial charge is 0.488 e. The molecule has 0 atom stereocenters. The second-order valence-corrected chi connectivity index (χ2v) is 7.43. The number of halogens is 3. The van der Waals surface area contributed by atoms with Gasteiger partial charge < -0.3 is 19.9 Å². The quantitative estimate of drug-likeness (QED) is 0.469. The lowest BCUT2D eigenvalue weighted by atomic mass is 10.0. The fourth-order valence-corrected chi connectivity index (χ4v) is 3.21. The van der Waals surface area contributed by atoms with E-state index in [-0.39, 0.29) is 35.6 Å². The van der Waals surface area contributed by atoms with Crippen LogP contribution < -0.4 is 10.5 Å². The monoisotopic (exact) mass is 431 g/mol. The number of guanidine groups is 1. The van der Waals surface area contributed by atoms with Crippen molar-refractivity contribution in [2.24, 2.45) is 5.73 Å². The molecule has 10 heteroatoms. The van der Waals surface area contributed by atoms with Crippen LogP contribution in [0.4, 0.5) is 13.2 Å². The van der Waals surface area contributed by atoms with Gasteiger partial charge in [0.1, 0.15) is 12.4 Å². The van der Waals surface area contributed by atoms with Crippen LogP contribution in [0.2, 0.25) is 0 Å². The van der Waals surface area contributed by atoms with Crippen LogP contribution in [0.5, 0.6) is 5.75 Å². The predicted molar refractivity (Wildman–Crippen MR) is 106 cm³/mol. The van der Waals surface area contributed by atoms with E-state index in [1.165, 1.54) is 12.1 Å². The molecule has 0 radical (unpaired) electrons. The number of ether oxygens (including phenoxy) is 1. The zero-order valence-electron chi connectivity index (χ0n) is 16.6. The van der Waals surface area contributed by atoms with Gasteiger partial charge >= 0.3 is 6.18 Å². The Bertz CT molecular complexity index is 1090. The number of hydrogen-bond donors (Lipinski definition) is 2. The van der Waals surface area contributed by atoms with Gasteiger partial charge in [0.05, 0.1) is 11.5 Å². The Morgan fingerprint density at radius 3 is 2.58 bits per heavy atom. The summed E-state index contributed by atoms with van der Waals surface area (Å²) < 4.78 is 51.6. The first-order valence-corrected chi connectivity index (χ1v) is 9.53. The van der Waals surface area contributed by atoms with Gasteiger partial charge in [0.25, 0.3) is 0 Å². The van der Waals surface area contributed by atoms with Crippen molar-refractivity contribution in [3.8, 4) is 17.1 Å². The van der Waals surface area contributed by atoms with Crippen molar-refractivity contribution in [3.63, 3.8) is 0 Å². The van der Waals surface area contributed by atoms with Crippen molar-refractivity contribution in [3.05, 3.63) is 65.0 Å². The number of nitrogens with two attached hydrogens (primary N) is 1. The van der Waals surface area contributed by atoms with Gasteiger partial charge in [-0.3, -0.25) is 5.41 Å². The molecule has 31 heavy (non-hydrogen) atoms. The summed E-state index contributed by atoms with van der Waals surface area (Å²) in [7, 11) is 0. The Morgan fingerprint density at radius 2 is 1.94 bits per heavy atom. The highest BCUT2D eigenvalue weighted by Gasteiger charge is 2.36. The minimum atomic E-state index is -4.61. The third kappa shape index (κ3) is 4.47. The summed E-state index contributed by atoms with van der Waals surface area (Å²) in [6.45, 7) is 2.86. The molecule has 1 aromatic heterocycles. The van der Waals surface area contributed by atoms with Gasteiger partial charge in [-0.05, 0) is 30.7 Å². The van der Waals surface area contributed by atoms with E-state index in [2.05, 4.69) is 10.1 Å². The Hall–Kier alpha value is -3.56. The fourth-order valence-electron chi connectivity index (χ4n) is 3.21. The van der Waals surface area contributed by atoms with E-state index in [0.717, 1.165) is 17.2 Å². The summed E-state index contributed by atoms with van der Waals surface area (Å²) in [5.41, 5.74) is 6.49. The molecule has 7 nitrogen and oxygen atoms in total. The van der Waals surface area contributed by atoms with Crippen LogP contribution >= 0.6 is 0 Å². The number of likely N-dealkylation sites (tertiary alicyclic amines) is 1. The van der Waals surface area contributed by atoms with E-state index in [4.69, 9.17) is 20.4 Å². The maximum Gasteiger partial charge on any atom is 0.419 e. The predicted octanol–water partition coefficient (Wildman–Crippen LogP) is 3.94. The third-order valence-corrected chi connectivity index (χ3v) is 5.07. The Kier molecular flexibility index (Phi) is 5.30. The summed E-state index contributed by atoms with van der Waals surface area (Å²) in [6.07, 6.45) is -4.61. The van der Waals surface area contributed by atoms with Crippen molar-refractivity contribution < 1.29 is 22.4 Å². The summed E-state index contributed by atoms with van der Waals surface area (Å²) in [4.78, 5) is 5.85. The molecule has 0 bridgehead atoms. The summed E-state index contributed by atoms with van der Waals surface area (Å²) >= 11 is 0. The van der Waals surface area contributed by atoms with E-state index in [9.17, 15) is 13.2 Å². The minimum absolute atomic E-state index is 0.0173.